The fourth-order valence-corrected chi connectivity index (χ4v) is 4.45. The van der Waals surface area contributed by atoms with Crippen LogP contribution in [0, 0.1) is 17.3 Å². The molecule has 0 unspecified atom stereocenters. The van der Waals surface area contributed by atoms with Crippen LogP contribution in [0.25, 0.3) is 10.4 Å². The van der Waals surface area contributed by atoms with Crippen molar-refractivity contribution < 1.29 is 9.31 Å². The van der Waals surface area contributed by atoms with Gasteiger partial charge in [0.25, 0.3) is 0 Å². The third kappa shape index (κ3) is 1.89. The molecule has 4 atom stereocenters. The smallest absolute Gasteiger partial charge is 0.405 e. The molecule has 4 fully saturated rings. The lowest BCUT2D eigenvalue weighted by atomic mass is 9.43. The summed E-state index contributed by atoms with van der Waals surface area (Å²) in [5, 5.41) is 3.56. The third-order valence-corrected chi connectivity index (χ3v) is 5.76. The predicted molar refractivity (Wildman–Crippen MR) is 73.5 cm³/mol. The number of nitrogens with zero attached hydrogens (tertiary/aromatic N) is 3. The van der Waals surface area contributed by atoms with Gasteiger partial charge in [-0.15, -0.1) is 0 Å². The van der Waals surface area contributed by atoms with Gasteiger partial charge in [0.1, 0.15) is 0 Å². The maximum Gasteiger partial charge on any atom is 0.457 e. The van der Waals surface area contributed by atoms with Crippen molar-refractivity contribution in [3.63, 3.8) is 0 Å². The second kappa shape index (κ2) is 4.40. The number of hydrogen-bond donors (Lipinski definition) is 0. The average molecular weight is 263 g/mol. The molecule has 2 bridgehead atoms. The van der Waals surface area contributed by atoms with Crippen LogP contribution in [0.3, 0.4) is 0 Å². The van der Waals surface area contributed by atoms with E-state index in [4.69, 9.17) is 14.8 Å². The van der Waals surface area contributed by atoms with E-state index in [2.05, 4.69) is 30.8 Å². The first-order valence-corrected chi connectivity index (χ1v) is 7.32. The van der Waals surface area contributed by atoms with Crippen LogP contribution in [0.5, 0.6) is 0 Å². The highest BCUT2D eigenvalue weighted by molar-refractivity contribution is 6.45. The normalized spacial score (nSPS) is 42.3. The van der Waals surface area contributed by atoms with Crippen molar-refractivity contribution in [2.24, 2.45) is 22.4 Å². The number of rotatable bonds is 4. The van der Waals surface area contributed by atoms with E-state index in [0.29, 0.717) is 17.9 Å². The molecule has 4 rings (SSSR count). The van der Waals surface area contributed by atoms with Gasteiger partial charge in [-0.25, -0.2) is 0 Å². The second-order valence-corrected chi connectivity index (χ2v) is 6.99. The first-order valence-electron chi connectivity index (χ1n) is 7.32. The number of azide groups is 1. The van der Waals surface area contributed by atoms with Gasteiger partial charge in [0, 0.05) is 11.5 Å². The Morgan fingerprint density at radius 3 is 2.84 bits per heavy atom. The van der Waals surface area contributed by atoms with Crippen molar-refractivity contribution in [1.82, 2.24) is 0 Å². The summed E-state index contributed by atoms with van der Waals surface area (Å²) in [6, 6.07) is 0. The molecule has 1 heterocycles. The largest absolute Gasteiger partial charge is 0.457 e. The molecule has 1 aliphatic heterocycles. The Bertz CT molecular complexity index is 424. The van der Waals surface area contributed by atoms with Crippen molar-refractivity contribution in [2.45, 2.75) is 58.1 Å². The molecule has 0 N–H and O–H groups in total. The highest BCUT2D eigenvalue weighted by atomic mass is 16.7. The zero-order valence-corrected chi connectivity index (χ0v) is 12.0. The van der Waals surface area contributed by atoms with Gasteiger partial charge in [-0.1, -0.05) is 19.0 Å². The van der Waals surface area contributed by atoms with Gasteiger partial charge in [-0.05, 0) is 55.3 Å². The van der Waals surface area contributed by atoms with Crippen LogP contribution in [0.2, 0.25) is 6.32 Å². The van der Waals surface area contributed by atoms with E-state index in [1.807, 2.05) is 0 Å². The van der Waals surface area contributed by atoms with Crippen LogP contribution in [0.15, 0.2) is 5.11 Å². The SMILES string of the molecule is CC1(C)[C@@H]2C[C@H]3OB(CCCN=[N+]=[N-])O[C@@]3(C)[C@H]1C2. The Hall–Kier alpha value is -0.705. The molecule has 0 aromatic rings. The Labute approximate surface area is 114 Å². The van der Waals surface area contributed by atoms with E-state index in [9.17, 15) is 0 Å². The highest BCUT2D eigenvalue weighted by Crippen LogP contribution is 2.65. The zero-order valence-electron chi connectivity index (χ0n) is 12.0. The second-order valence-electron chi connectivity index (χ2n) is 6.99. The molecule has 104 valence electrons. The summed E-state index contributed by atoms with van der Waals surface area (Å²) in [5.74, 6) is 1.41. The summed E-state index contributed by atoms with van der Waals surface area (Å²) < 4.78 is 12.3. The summed E-state index contributed by atoms with van der Waals surface area (Å²) in [7, 11) is -0.112. The molecule has 0 aromatic heterocycles. The van der Waals surface area contributed by atoms with Crippen LogP contribution in [0.4, 0.5) is 0 Å². The quantitative estimate of drug-likeness (QED) is 0.256. The van der Waals surface area contributed by atoms with Crippen LogP contribution >= 0.6 is 0 Å². The van der Waals surface area contributed by atoms with Gasteiger partial charge < -0.3 is 9.31 Å². The van der Waals surface area contributed by atoms with Gasteiger partial charge in [0.15, 0.2) is 0 Å². The molecule has 5 nitrogen and oxygen atoms in total. The maximum absolute atomic E-state index is 8.26. The van der Waals surface area contributed by atoms with E-state index < -0.39 is 0 Å². The molecule has 3 saturated carbocycles. The Kier molecular flexibility index (Phi) is 3.08. The van der Waals surface area contributed by atoms with Crippen molar-refractivity contribution in [3.05, 3.63) is 10.4 Å². The van der Waals surface area contributed by atoms with Crippen LogP contribution in [-0.2, 0) is 9.31 Å². The monoisotopic (exact) mass is 263 g/mol. The molecule has 19 heavy (non-hydrogen) atoms. The molecular weight excluding hydrogens is 241 g/mol. The summed E-state index contributed by atoms with van der Waals surface area (Å²) in [6.45, 7) is 7.49. The van der Waals surface area contributed by atoms with Crippen molar-refractivity contribution in [3.8, 4) is 0 Å². The molecule has 0 aromatic carbocycles. The van der Waals surface area contributed by atoms with E-state index in [0.717, 1.165) is 25.1 Å². The molecule has 0 amide bonds. The Balaban J connectivity index is 1.62. The summed E-state index contributed by atoms with van der Waals surface area (Å²) in [5.41, 5.74) is 8.55. The minimum atomic E-state index is -0.112. The average Bonchev–Trinajstić information content (AvgIpc) is 2.70. The van der Waals surface area contributed by atoms with E-state index in [-0.39, 0.29) is 18.8 Å². The van der Waals surface area contributed by atoms with Crippen LogP contribution in [0.1, 0.15) is 40.0 Å². The molecule has 0 spiro atoms. The first kappa shape index (κ1) is 13.3. The first-order chi connectivity index (χ1) is 8.98. The summed E-state index contributed by atoms with van der Waals surface area (Å²) >= 11 is 0. The van der Waals surface area contributed by atoms with E-state index in [1.165, 1.54) is 6.42 Å². The van der Waals surface area contributed by atoms with Crippen LogP contribution in [-0.4, -0.2) is 25.4 Å². The van der Waals surface area contributed by atoms with Gasteiger partial charge in [0.2, 0.25) is 0 Å². The lowest BCUT2D eigenvalue weighted by Gasteiger charge is -2.64. The Morgan fingerprint density at radius 1 is 1.37 bits per heavy atom. The van der Waals surface area contributed by atoms with E-state index in [1.54, 1.807) is 0 Å². The maximum atomic E-state index is 8.26. The minimum Gasteiger partial charge on any atom is -0.405 e. The van der Waals surface area contributed by atoms with E-state index >= 15 is 0 Å². The van der Waals surface area contributed by atoms with Crippen molar-refractivity contribution >= 4 is 7.12 Å². The van der Waals surface area contributed by atoms with Gasteiger partial charge in [0.05, 0.1) is 11.7 Å². The standard InChI is InChI=1S/C13H22BN3O2/c1-12(2)9-7-10(12)13(3)11(8-9)18-14(19-13)5-4-6-16-17-15/h9-11H,4-8H2,1-3H3/t9-,10-,11+,13-/m0/s1. The molecule has 0 radical (unpaired) electrons. The predicted octanol–water partition coefficient (Wildman–Crippen LogP) is 3.42. The fraction of sp³-hybridized carbons (Fsp3) is 1.00. The van der Waals surface area contributed by atoms with Gasteiger partial charge >= 0.3 is 7.12 Å². The lowest BCUT2D eigenvalue weighted by Crippen LogP contribution is -2.65. The highest BCUT2D eigenvalue weighted by Gasteiger charge is 2.67. The zero-order chi connectivity index (χ0) is 13.7. The molecular formula is C13H22BN3O2. The van der Waals surface area contributed by atoms with Crippen LogP contribution < -0.4 is 0 Å². The molecule has 6 heteroatoms. The number of hydrogen-bond acceptors (Lipinski definition) is 3. The van der Waals surface area contributed by atoms with Gasteiger partial charge in [-0.3, -0.25) is 0 Å². The molecule has 3 aliphatic carbocycles. The molecule has 4 aliphatic rings. The fourth-order valence-electron chi connectivity index (χ4n) is 4.45. The third-order valence-electron chi connectivity index (χ3n) is 5.76. The summed E-state index contributed by atoms with van der Waals surface area (Å²) in [6.07, 6.45) is 4.33. The minimum absolute atomic E-state index is 0.110. The topological polar surface area (TPSA) is 67.2 Å². The Morgan fingerprint density at radius 2 is 2.16 bits per heavy atom. The summed E-state index contributed by atoms with van der Waals surface area (Å²) in [4.78, 5) is 2.77. The van der Waals surface area contributed by atoms with Crippen molar-refractivity contribution in [1.29, 1.82) is 0 Å². The van der Waals surface area contributed by atoms with Gasteiger partial charge in [-0.2, -0.15) is 0 Å². The molecule has 1 saturated heterocycles. The van der Waals surface area contributed by atoms with Crippen molar-refractivity contribution in [2.75, 3.05) is 6.54 Å². The lowest BCUT2D eigenvalue weighted by molar-refractivity contribution is -0.199.